The van der Waals surface area contributed by atoms with E-state index in [0.717, 1.165) is 94.1 Å². The molecule has 0 spiro atoms. The van der Waals surface area contributed by atoms with Crippen LogP contribution in [-0.4, -0.2) is 41.2 Å². The molecule has 1 aliphatic heterocycles. The molecule has 7 nitrogen and oxygen atoms in total. The molecule has 9 rings (SSSR count). The van der Waals surface area contributed by atoms with Crippen molar-refractivity contribution in [3.63, 3.8) is 0 Å². The zero-order chi connectivity index (χ0) is 38.2. The maximum absolute atomic E-state index is 13.4. The van der Waals surface area contributed by atoms with Gasteiger partial charge in [-0.1, -0.05) is 25.0 Å². The van der Waals surface area contributed by atoms with Crippen LogP contribution in [0.25, 0.3) is 48.4 Å². The Morgan fingerprint density at radius 3 is 2.02 bits per heavy atom. The lowest BCUT2D eigenvalue weighted by molar-refractivity contribution is 0.0917. The molecule has 0 N–H and O–H groups in total. The van der Waals surface area contributed by atoms with Gasteiger partial charge in [-0.3, -0.25) is 4.79 Å². The van der Waals surface area contributed by atoms with Crippen LogP contribution in [0.1, 0.15) is 69.4 Å². The molecule has 0 unspecified atom stereocenters. The first-order valence-corrected chi connectivity index (χ1v) is 21.0. The fraction of sp³-hybridized carbons (Fsp3) is 0.326. The van der Waals surface area contributed by atoms with Gasteiger partial charge in [0.1, 0.15) is 0 Å². The van der Waals surface area contributed by atoms with E-state index < -0.39 is 0 Å². The van der Waals surface area contributed by atoms with E-state index in [1.54, 1.807) is 36.9 Å². The van der Waals surface area contributed by atoms with Crippen LogP contribution < -0.4 is 18.9 Å². The maximum atomic E-state index is 13.4. The third-order valence-electron chi connectivity index (χ3n) is 10.5. The maximum Gasteiger partial charge on any atom is 0.182 e. The average molecular weight is 773 g/mol. The predicted octanol–water partition coefficient (Wildman–Crippen LogP) is 12.2. The van der Waals surface area contributed by atoms with Gasteiger partial charge in [0.05, 0.1) is 43.3 Å². The summed E-state index contributed by atoms with van der Waals surface area (Å²) in [6, 6.07) is 23.2. The molecule has 6 heterocycles. The molecule has 0 saturated heterocycles. The fourth-order valence-electron chi connectivity index (χ4n) is 8.11. The van der Waals surface area contributed by atoms with E-state index in [-0.39, 0.29) is 23.9 Å². The number of rotatable bonds is 10. The highest BCUT2D eigenvalue weighted by molar-refractivity contribution is 7.13. The number of aryl methyl sites for hydroxylation is 2. The summed E-state index contributed by atoms with van der Waals surface area (Å²) in [7, 11) is 3.37. The molecular weight excluding hydrogens is 725 g/mol. The van der Waals surface area contributed by atoms with Crippen LogP contribution in [0.2, 0.25) is 0 Å². The third-order valence-corrected chi connectivity index (χ3v) is 12.3. The third kappa shape index (κ3) is 7.16. The van der Waals surface area contributed by atoms with E-state index in [4.69, 9.17) is 18.9 Å². The second-order valence-electron chi connectivity index (χ2n) is 14.9. The van der Waals surface area contributed by atoms with Crippen molar-refractivity contribution in [1.82, 2.24) is 8.97 Å². The van der Waals surface area contributed by atoms with Crippen molar-refractivity contribution in [3.05, 3.63) is 101 Å². The number of benzene rings is 2. The van der Waals surface area contributed by atoms with Gasteiger partial charge >= 0.3 is 0 Å². The lowest BCUT2D eigenvalue weighted by Crippen LogP contribution is -2.13. The van der Waals surface area contributed by atoms with Crippen molar-refractivity contribution in [2.24, 2.45) is 5.92 Å². The second kappa shape index (κ2) is 15.6. The molecule has 0 atom stereocenters. The van der Waals surface area contributed by atoms with Gasteiger partial charge in [0.2, 0.25) is 0 Å². The van der Waals surface area contributed by atoms with Crippen molar-refractivity contribution < 1.29 is 23.7 Å². The number of nitrogens with zero attached hydrogens (tertiary/aromatic N) is 2. The number of hydrogen-bond donors (Lipinski definition) is 0. The molecule has 1 fully saturated rings. The molecule has 55 heavy (non-hydrogen) atoms. The van der Waals surface area contributed by atoms with Gasteiger partial charge in [-0.15, -0.1) is 22.7 Å². The Labute approximate surface area is 331 Å². The van der Waals surface area contributed by atoms with Crippen LogP contribution in [0, 0.1) is 5.92 Å². The lowest BCUT2D eigenvalue weighted by Gasteiger charge is -2.23. The quantitative estimate of drug-likeness (QED) is 0.130. The number of aromatic nitrogens is 2. The molecule has 5 aromatic heterocycles. The normalized spacial score (nSPS) is 13.9. The smallest absolute Gasteiger partial charge is 0.182 e. The predicted molar refractivity (Wildman–Crippen MR) is 226 cm³/mol. The van der Waals surface area contributed by atoms with E-state index >= 15 is 0 Å². The van der Waals surface area contributed by atoms with Gasteiger partial charge in [-0.2, -0.15) is 0 Å². The Morgan fingerprint density at radius 1 is 0.727 bits per heavy atom. The standard InChI is InChI=1S/C26H27NO3S.C20H21NO2S/c1-16(2)30-23-15-19-18(13-22(23)29-3)10-11-27-21(26(28)17-7-4-5-8-17)14-20(25(19)27)24-9-6-12-31-24;1-13(2)23-18-12-16-14(11-17(18)22-3)6-8-21-9-7-15(20(16)21)19-5-4-10-24-19/h6,9-17H,4-5,7-8H2,1-3H3;4-5,7,9-13H,6,8H2,1-3H3. The molecule has 0 amide bonds. The van der Waals surface area contributed by atoms with E-state index in [9.17, 15) is 4.79 Å². The van der Waals surface area contributed by atoms with Crippen molar-refractivity contribution in [3.8, 4) is 55.1 Å². The summed E-state index contributed by atoms with van der Waals surface area (Å²) >= 11 is 3.48. The first kappa shape index (κ1) is 37.0. The Bertz CT molecular complexity index is 2450. The topological polar surface area (TPSA) is 63.3 Å². The second-order valence-corrected chi connectivity index (χ2v) is 16.8. The van der Waals surface area contributed by atoms with E-state index in [1.807, 2.05) is 40.0 Å². The number of thiophene rings is 2. The molecule has 2 aromatic carbocycles. The van der Waals surface area contributed by atoms with Crippen LogP contribution in [-0.2, 0) is 13.0 Å². The van der Waals surface area contributed by atoms with Gasteiger partial charge < -0.3 is 27.9 Å². The molecule has 0 bridgehead atoms. The monoisotopic (exact) mass is 772 g/mol. The summed E-state index contributed by atoms with van der Waals surface area (Å²) < 4.78 is 27.6. The minimum Gasteiger partial charge on any atom is -0.493 e. The summed E-state index contributed by atoms with van der Waals surface area (Å²) in [5.74, 6) is 3.48. The Morgan fingerprint density at radius 2 is 1.38 bits per heavy atom. The minimum absolute atomic E-state index is 0.0362. The summed E-state index contributed by atoms with van der Waals surface area (Å²) in [6.07, 6.45) is 9.68. The summed E-state index contributed by atoms with van der Waals surface area (Å²) in [6.45, 7) is 9.10. The van der Waals surface area contributed by atoms with Crippen molar-refractivity contribution >= 4 is 44.7 Å². The first-order chi connectivity index (χ1) is 26.7. The molecule has 2 aliphatic rings. The van der Waals surface area contributed by atoms with E-state index in [0.29, 0.717) is 0 Å². The highest BCUT2D eigenvalue weighted by atomic mass is 32.1. The molecule has 7 aromatic rings. The zero-order valence-electron chi connectivity index (χ0n) is 32.4. The molecule has 9 heteroatoms. The Kier molecular flexibility index (Phi) is 10.5. The van der Waals surface area contributed by atoms with Gasteiger partial charge in [0, 0.05) is 56.7 Å². The van der Waals surface area contributed by atoms with Crippen LogP contribution in [0.3, 0.4) is 0 Å². The SMILES string of the molecule is COc1cc2c(cc1OC(C)C)-c1c(-c3cccs3)ccn1CC2.COc1cc2ccn3c(C(=O)C4CCCC4)cc(-c4cccs4)c3c2cc1OC(C)C. The molecule has 0 radical (unpaired) electrons. The fourth-order valence-corrected chi connectivity index (χ4v) is 9.60. The van der Waals surface area contributed by atoms with Crippen LogP contribution in [0.5, 0.6) is 23.0 Å². The number of carbonyl (C=O) groups excluding carboxylic acids is 1. The van der Waals surface area contributed by atoms with Crippen molar-refractivity contribution in [2.75, 3.05) is 14.2 Å². The number of Topliss-reactive ketones (excluding diaryl/α,β-unsaturated/α-hetero) is 1. The van der Waals surface area contributed by atoms with E-state index in [2.05, 4.69) is 86.6 Å². The van der Waals surface area contributed by atoms with Gasteiger partial charge in [0.15, 0.2) is 28.8 Å². The van der Waals surface area contributed by atoms with Gasteiger partial charge in [-0.05, 0) is 123 Å². The first-order valence-electron chi connectivity index (χ1n) is 19.3. The summed E-state index contributed by atoms with van der Waals surface area (Å²) in [5.41, 5.74) is 8.11. The number of hydrogen-bond acceptors (Lipinski definition) is 7. The van der Waals surface area contributed by atoms with Gasteiger partial charge in [-0.25, -0.2) is 0 Å². The van der Waals surface area contributed by atoms with Crippen LogP contribution in [0.15, 0.2) is 89.9 Å². The molecular formula is C46H48N2O5S2. The highest BCUT2D eigenvalue weighted by Gasteiger charge is 2.28. The van der Waals surface area contributed by atoms with Crippen LogP contribution >= 0.6 is 22.7 Å². The number of methoxy groups -OCH3 is 2. The average Bonchev–Trinajstić information content (AvgIpc) is 4.03. The summed E-state index contributed by atoms with van der Waals surface area (Å²) in [4.78, 5) is 15.9. The number of fused-ring (bicyclic) bond motifs is 6. The highest BCUT2D eigenvalue weighted by Crippen LogP contribution is 2.45. The largest absolute Gasteiger partial charge is 0.493 e. The molecule has 1 aliphatic carbocycles. The Hall–Kier alpha value is -4.99. The zero-order valence-corrected chi connectivity index (χ0v) is 34.0. The number of ether oxygens (including phenoxy) is 4. The molecule has 1 saturated carbocycles. The van der Waals surface area contributed by atoms with Gasteiger partial charge in [0.25, 0.3) is 0 Å². The lowest BCUT2D eigenvalue weighted by atomic mass is 9.95. The van der Waals surface area contributed by atoms with Crippen LogP contribution in [0.4, 0.5) is 0 Å². The van der Waals surface area contributed by atoms with Crippen molar-refractivity contribution in [1.29, 1.82) is 0 Å². The van der Waals surface area contributed by atoms with E-state index in [1.165, 1.54) is 27.3 Å². The summed E-state index contributed by atoms with van der Waals surface area (Å²) in [5, 5.41) is 6.34. The Balaban J connectivity index is 0.000000160. The minimum atomic E-state index is 0.0362. The molecule has 284 valence electrons. The number of pyridine rings is 1. The van der Waals surface area contributed by atoms with Crippen molar-refractivity contribution in [2.45, 2.75) is 78.6 Å². The number of ketones is 1. The number of carbonyl (C=O) groups is 1.